The van der Waals surface area contributed by atoms with Crippen LogP contribution < -0.4 is 0 Å². The van der Waals surface area contributed by atoms with Gasteiger partial charge in [-0.05, 0) is 98.7 Å². The number of allylic oxidation sites excluding steroid dienone is 1. The van der Waals surface area contributed by atoms with Crippen molar-refractivity contribution in [1.29, 1.82) is 0 Å². The van der Waals surface area contributed by atoms with Crippen LogP contribution in [-0.4, -0.2) is 109 Å². The first-order valence-corrected chi connectivity index (χ1v) is 17.7. The van der Waals surface area contributed by atoms with Crippen molar-refractivity contribution >= 4 is 11.9 Å². The molecule has 12 heteroatoms. The summed E-state index contributed by atoms with van der Waals surface area (Å²) in [5, 5.41) is 85.8. The molecule has 272 valence electrons. The highest BCUT2D eigenvalue weighted by atomic mass is 16.7. The van der Waals surface area contributed by atoms with E-state index >= 15 is 0 Å². The molecule has 5 fully saturated rings. The van der Waals surface area contributed by atoms with Gasteiger partial charge < -0.3 is 50.3 Å². The second-order valence-corrected chi connectivity index (χ2v) is 17.7. The summed E-state index contributed by atoms with van der Waals surface area (Å²) in [5.74, 6) is -2.81. The van der Waals surface area contributed by atoms with Crippen molar-refractivity contribution in [2.45, 2.75) is 135 Å². The topological polar surface area (TPSA) is 214 Å². The molecule has 5 aliphatic carbocycles. The SMILES string of the molecule is CC1(C)CCC2(C(=O)O)CCC3(CO)C(=CCC4C5(C)CC(O)C(OC6OC(CO)C(O)C(O)C6O)C(C)(C(=O)O)C5CCC43C)C2C1. The van der Waals surface area contributed by atoms with Crippen LogP contribution in [0.15, 0.2) is 11.6 Å². The van der Waals surface area contributed by atoms with Crippen LogP contribution in [0.25, 0.3) is 0 Å². The Morgan fingerprint density at radius 1 is 0.854 bits per heavy atom. The van der Waals surface area contributed by atoms with Gasteiger partial charge >= 0.3 is 11.9 Å². The predicted molar refractivity (Wildman–Crippen MR) is 170 cm³/mol. The number of aliphatic hydroxyl groups excluding tert-OH is 6. The summed E-state index contributed by atoms with van der Waals surface area (Å²) >= 11 is 0. The summed E-state index contributed by atoms with van der Waals surface area (Å²) in [5.41, 5.74) is -3.46. The first-order chi connectivity index (χ1) is 22.3. The molecule has 6 rings (SSSR count). The smallest absolute Gasteiger partial charge is 0.312 e. The lowest BCUT2D eigenvalue weighted by Crippen LogP contribution is -2.71. The van der Waals surface area contributed by atoms with E-state index in [0.29, 0.717) is 38.5 Å². The van der Waals surface area contributed by atoms with E-state index in [1.807, 2.05) is 6.92 Å². The molecular weight excluding hydrogens is 624 g/mol. The summed E-state index contributed by atoms with van der Waals surface area (Å²) in [6, 6.07) is 0. The van der Waals surface area contributed by atoms with E-state index in [1.54, 1.807) is 6.92 Å². The Bertz CT molecular complexity index is 1330. The first-order valence-electron chi connectivity index (χ1n) is 17.7. The van der Waals surface area contributed by atoms with E-state index in [-0.39, 0.29) is 30.3 Å². The van der Waals surface area contributed by atoms with Crippen molar-refractivity contribution in [1.82, 2.24) is 0 Å². The number of hydrogen-bond acceptors (Lipinski definition) is 10. The van der Waals surface area contributed by atoms with Gasteiger partial charge in [0.1, 0.15) is 30.5 Å². The summed E-state index contributed by atoms with van der Waals surface area (Å²) < 4.78 is 11.7. The fraction of sp³-hybridized carbons (Fsp3) is 0.889. The Morgan fingerprint density at radius 3 is 2.12 bits per heavy atom. The minimum atomic E-state index is -1.75. The van der Waals surface area contributed by atoms with Crippen molar-refractivity contribution < 1.29 is 59.9 Å². The molecule has 1 saturated heterocycles. The van der Waals surface area contributed by atoms with E-state index in [1.165, 1.54) is 0 Å². The Labute approximate surface area is 282 Å². The van der Waals surface area contributed by atoms with Crippen LogP contribution in [0.5, 0.6) is 0 Å². The number of aliphatic hydroxyl groups is 6. The second-order valence-electron chi connectivity index (χ2n) is 17.7. The Hall–Kier alpha value is -1.64. The average Bonchev–Trinajstić information content (AvgIpc) is 3.01. The molecule has 0 bridgehead atoms. The van der Waals surface area contributed by atoms with E-state index in [4.69, 9.17) is 9.47 Å². The van der Waals surface area contributed by atoms with Gasteiger partial charge in [-0.1, -0.05) is 39.3 Å². The highest BCUT2D eigenvalue weighted by Gasteiger charge is 2.73. The molecule has 0 radical (unpaired) electrons. The number of rotatable bonds is 6. The van der Waals surface area contributed by atoms with Gasteiger partial charge in [0.2, 0.25) is 0 Å². The standard InChI is InChI=1S/C36H56O12/c1-31(2)10-11-35(30(45)46)12-13-36(17-38)18(19(35)14-31)6-7-22-32(3)15-20(39)27(34(5,29(43)44)23(32)8-9-33(22,36)4)48-28-26(42)25(41)24(40)21(16-37)47-28/h6,19-28,37-42H,7-17H2,1-5H3,(H,43,44)(H,45,46). The molecule has 48 heavy (non-hydrogen) atoms. The maximum absolute atomic E-state index is 13.4. The van der Waals surface area contributed by atoms with Crippen molar-refractivity contribution in [3.05, 3.63) is 11.6 Å². The van der Waals surface area contributed by atoms with Crippen LogP contribution in [0.4, 0.5) is 0 Å². The normalized spacial score (nSPS) is 52.9. The van der Waals surface area contributed by atoms with Crippen LogP contribution in [0.2, 0.25) is 0 Å². The largest absolute Gasteiger partial charge is 0.481 e. The van der Waals surface area contributed by atoms with Gasteiger partial charge in [0, 0.05) is 5.41 Å². The molecule has 1 heterocycles. The molecule has 0 aromatic carbocycles. The fourth-order valence-corrected chi connectivity index (χ4v) is 12.4. The van der Waals surface area contributed by atoms with Gasteiger partial charge in [0.05, 0.1) is 30.1 Å². The van der Waals surface area contributed by atoms with Crippen LogP contribution in [-0.2, 0) is 19.1 Å². The zero-order valence-electron chi connectivity index (χ0n) is 28.8. The zero-order valence-corrected chi connectivity index (χ0v) is 28.8. The van der Waals surface area contributed by atoms with E-state index in [2.05, 4.69) is 26.8 Å². The highest BCUT2D eigenvalue weighted by Crippen LogP contribution is 2.76. The van der Waals surface area contributed by atoms with Gasteiger partial charge in [-0.3, -0.25) is 9.59 Å². The van der Waals surface area contributed by atoms with Crippen molar-refractivity contribution in [2.24, 2.45) is 50.2 Å². The summed E-state index contributed by atoms with van der Waals surface area (Å²) in [4.78, 5) is 26.3. The number of carboxylic acid groups (broad SMARTS) is 2. The maximum Gasteiger partial charge on any atom is 0.312 e. The number of hydrogen-bond donors (Lipinski definition) is 8. The third-order valence-corrected chi connectivity index (χ3v) is 15.2. The number of fused-ring (bicyclic) bond motifs is 7. The lowest BCUT2D eigenvalue weighted by Gasteiger charge is -2.71. The third-order valence-electron chi connectivity index (χ3n) is 15.2. The molecule has 0 aromatic rings. The van der Waals surface area contributed by atoms with Crippen LogP contribution in [0.1, 0.15) is 92.4 Å². The van der Waals surface area contributed by atoms with Crippen molar-refractivity contribution in [3.8, 4) is 0 Å². The fourth-order valence-electron chi connectivity index (χ4n) is 12.4. The third kappa shape index (κ3) is 4.69. The molecule has 0 amide bonds. The number of carbonyl (C=O) groups is 2. The lowest BCUT2D eigenvalue weighted by molar-refractivity contribution is -0.340. The minimum absolute atomic E-state index is 0.0445. The first kappa shape index (κ1) is 36.2. The van der Waals surface area contributed by atoms with Gasteiger partial charge in [0.25, 0.3) is 0 Å². The Kier molecular flexibility index (Phi) is 8.81. The van der Waals surface area contributed by atoms with E-state index < -0.39 is 94.5 Å². The van der Waals surface area contributed by atoms with Gasteiger partial charge in [-0.15, -0.1) is 0 Å². The van der Waals surface area contributed by atoms with Gasteiger partial charge in [-0.25, -0.2) is 0 Å². The molecule has 0 spiro atoms. The molecule has 15 unspecified atom stereocenters. The number of carboxylic acids is 2. The van der Waals surface area contributed by atoms with Crippen LogP contribution in [0.3, 0.4) is 0 Å². The quantitative estimate of drug-likeness (QED) is 0.150. The van der Waals surface area contributed by atoms with Crippen molar-refractivity contribution in [2.75, 3.05) is 13.2 Å². The van der Waals surface area contributed by atoms with Gasteiger partial charge in [0.15, 0.2) is 6.29 Å². The average molecular weight is 681 g/mol. The maximum atomic E-state index is 13.4. The summed E-state index contributed by atoms with van der Waals surface area (Å²) in [6.07, 6.45) is -3.56. The Balaban J connectivity index is 1.38. The minimum Gasteiger partial charge on any atom is -0.481 e. The number of ether oxygens (including phenoxy) is 2. The molecule has 4 saturated carbocycles. The lowest BCUT2D eigenvalue weighted by atomic mass is 9.33. The van der Waals surface area contributed by atoms with E-state index in [9.17, 15) is 50.4 Å². The molecular formula is C36H56O12. The molecule has 1 aliphatic heterocycles. The van der Waals surface area contributed by atoms with Crippen LogP contribution >= 0.6 is 0 Å². The second kappa shape index (κ2) is 11.7. The summed E-state index contributed by atoms with van der Waals surface area (Å²) in [7, 11) is 0. The molecule has 6 aliphatic rings. The van der Waals surface area contributed by atoms with Crippen LogP contribution in [0, 0.1) is 50.2 Å². The monoisotopic (exact) mass is 680 g/mol. The molecule has 12 nitrogen and oxygen atoms in total. The highest BCUT2D eigenvalue weighted by molar-refractivity contribution is 5.77. The zero-order chi connectivity index (χ0) is 35.4. The van der Waals surface area contributed by atoms with Crippen molar-refractivity contribution in [3.63, 3.8) is 0 Å². The summed E-state index contributed by atoms with van der Waals surface area (Å²) in [6.45, 7) is 9.33. The molecule has 8 N–H and O–H groups in total. The Morgan fingerprint density at radius 2 is 1.52 bits per heavy atom. The number of aliphatic carboxylic acids is 2. The molecule has 15 atom stereocenters. The van der Waals surface area contributed by atoms with E-state index in [0.717, 1.165) is 18.4 Å². The molecule has 0 aromatic heterocycles. The predicted octanol–water partition coefficient (Wildman–Crippen LogP) is 2.07. The van der Waals surface area contributed by atoms with Gasteiger partial charge in [-0.2, -0.15) is 0 Å².